The van der Waals surface area contributed by atoms with Gasteiger partial charge in [-0.2, -0.15) is 0 Å². The minimum atomic E-state index is -0.347. The molecule has 0 aliphatic heterocycles. The molecule has 1 fully saturated rings. The monoisotopic (exact) mass is 531 g/mol. The maximum Gasteiger partial charge on any atom is 0.227 e. The SMILES string of the molecule is CN(Cc1cc(Cl)c2oc(-c3cccc(-c4ccc(F)cc4-c4nncn4C)c3)nc2c1)[C@@H]1CCC[C@@H]1O. The number of likely N-dealkylation sites (N-methyl/N-ethyl adjacent to an activating group) is 1. The van der Waals surface area contributed by atoms with Crippen LogP contribution in [0.3, 0.4) is 0 Å². The van der Waals surface area contributed by atoms with Crippen molar-refractivity contribution in [3.8, 4) is 34.0 Å². The van der Waals surface area contributed by atoms with E-state index in [0.717, 1.165) is 41.5 Å². The highest BCUT2D eigenvalue weighted by Gasteiger charge is 2.28. The topological polar surface area (TPSA) is 80.2 Å². The van der Waals surface area contributed by atoms with Gasteiger partial charge in [-0.15, -0.1) is 10.2 Å². The molecule has 1 N–H and O–H groups in total. The van der Waals surface area contributed by atoms with Gasteiger partial charge in [0.15, 0.2) is 11.4 Å². The Hall–Kier alpha value is -3.59. The second-order valence-electron chi connectivity index (χ2n) is 9.96. The number of aliphatic hydroxyl groups is 1. The van der Waals surface area contributed by atoms with Crippen LogP contribution in [0, 0.1) is 5.82 Å². The van der Waals surface area contributed by atoms with E-state index in [1.807, 2.05) is 50.5 Å². The molecule has 0 bridgehead atoms. The number of hydrogen-bond donors (Lipinski definition) is 1. The molecule has 2 heterocycles. The van der Waals surface area contributed by atoms with Crippen LogP contribution in [0.1, 0.15) is 24.8 Å². The van der Waals surface area contributed by atoms with Crippen molar-refractivity contribution in [2.24, 2.45) is 7.05 Å². The van der Waals surface area contributed by atoms with Gasteiger partial charge in [0.05, 0.1) is 11.1 Å². The summed E-state index contributed by atoms with van der Waals surface area (Å²) in [4.78, 5) is 6.93. The molecule has 2 atom stereocenters. The van der Waals surface area contributed by atoms with Crippen LogP contribution >= 0.6 is 11.6 Å². The predicted octanol–water partition coefficient (Wildman–Crippen LogP) is 6.10. The fourth-order valence-corrected chi connectivity index (χ4v) is 5.68. The Morgan fingerprint density at radius 3 is 2.71 bits per heavy atom. The summed E-state index contributed by atoms with van der Waals surface area (Å²) in [5.41, 5.74) is 5.32. The van der Waals surface area contributed by atoms with E-state index in [2.05, 4.69) is 15.1 Å². The van der Waals surface area contributed by atoms with Crippen molar-refractivity contribution in [1.29, 1.82) is 0 Å². The number of nitrogens with zero attached hydrogens (tertiary/aromatic N) is 5. The van der Waals surface area contributed by atoms with Gasteiger partial charge < -0.3 is 14.1 Å². The number of fused-ring (bicyclic) bond motifs is 1. The standard InChI is InChI=1S/C29H27ClFN5O2/c1-35(25-7-4-8-26(25)37)15-17-11-23(30)27-24(12-17)33-29(38-27)19-6-3-5-18(13-19)21-10-9-20(31)14-22(21)28-34-32-16-36(28)2/h3,5-6,9-14,16,25-26,37H,4,7-8,15H2,1-2H3/t25-,26+/m1/s1. The maximum atomic E-state index is 14.2. The van der Waals surface area contributed by atoms with E-state index in [1.54, 1.807) is 17.0 Å². The lowest BCUT2D eigenvalue weighted by atomic mass is 9.97. The van der Waals surface area contributed by atoms with Crippen molar-refractivity contribution in [1.82, 2.24) is 24.6 Å². The molecular formula is C29H27ClFN5O2. The van der Waals surface area contributed by atoms with Crippen molar-refractivity contribution < 1.29 is 13.9 Å². The third-order valence-corrected chi connectivity index (χ3v) is 7.58. The second kappa shape index (κ2) is 9.94. The van der Waals surface area contributed by atoms with E-state index in [4.69, 9.17) is 21.0 Å². The molecule has 0 spiro atoms. The number of benzene rings is 3. The van der Waals surface area contributed by atoms with Gasteiger partial charge in [0.2, 0.25) is 5.89 Å². The second-order valence-corrected chi connectivity index (χ2v) is 10.4. The molecule has 194 valence electrons. The Labute approximate surface area is 224 Å². The highest BCUT2D eigenvalue weighted by atomic mass is 35.5. The summed E-state index contributed by atoms with van der Waals surface area (Å²) in [5.74, 6) is 0.671. The van der Waals surface area contributed by atoms with Crippen LogP contribution in [0.5, 0.6) is 0 Å². The molecule has 38 heavy (non-hydrogen) atoms. The van der Waals surface area contributed by atoms with E-state index in [9.17, 15) is 9.50 Å². The van der Waals surface area contributed by atoms with E-state index in [0.29, 0.717) is 39.9 Å². The summed E-state index contributed by atoms with van der Waals surface area (Å²) in [6.07, 6.45) is 4.17. The van der Waals surface area contributed by atoms with Gasteiger partial charge in [0.25, 0.3) is 0 Å². The number of rotatable bonds is 6. The van der Waals surface area contributed by atoms with Gasteiger partial charge in [0, 0.05) is 30.8 Å². The van der Waals surface area contributed by atoms with Gasteiger partial charge in [-0.25, -0.2) is 9.37 Å². The average molecular weight is 532 g/mol. The molecule has 0 saturated heterocycles. The molecule has 7 nitrogen and oxygen atoms in total. The van der Waals surface area contributed by atoms with Crippen molar-refractivity contribution in [3.05, 3.63) is 77.3 Å². The average Bonchev–Trinajstić information content (AvgIpc) is 3.64. The van der Waals surface area contributed by atoms with E-state index in [-0.39, 0.29) is 18.0 Å². The van der Waals surface area contributed by atoms with Crippen LogP contribution in [-0.2, 0) is 13.6 Å². The van der Waals surface area contributed by atoms with Crippen LogP contribution in [0.15, 0.2) is 65.3 Å². The Balaban J connectivity index is 1.34. The molecule has 3 aromatic carbocycles. The molecule has 0 unspecified atom stereocenters. The number of hydrogen-bond acceptors (Lipinski definition) is 6. The summed E-state index contributed by atoms with van der Waals surface area (Å²) in [6, 6.07) is 16.4. The number of halogens is 2. The highest BCUT2D eigenvalue weighted by Crippen LogP contribution is 2.36. The maximum absolute atomic E-state index is 14.2. The predicted molar refractivity (Wildman–Crippen MR) is 145 cm³/mol. The van der Waals surface area contributed by atoms with Gasteiger partial charge in [-0.1, -0.05) is 29.8 Å². The van der Waals surface area contributed by atoms with Gasteiger partial charge in [-0.05, 0) is 79.4 Å². The molecule has 1 aliphatic carbocycles. The first kappa shape index (κ1) is 24.7. The third kappa shape index (κ3) is 4.60. The zero-order chi connectivity index (χ0) is 26.4. The number of aryl methyl sites for hydroxylation is 1. The van der Waals surface area contributed by atoms with Gasteiger partial charge in [0.1, 0.15) is 17.7 Å². The van der Waals surface area contributed by atoms with Crippen LogP contribution < -0.4 is 0 Å². The zero-order valence-corrected chi connectivity index (χ0v) is 21.9. The molecule has 0 radical (unpaired) electrons. The van der Waals surface area contributed by atoms with Crippen molar-refractivity contribution in [2.45, 2.75) is 38.0 Å². The zero-order valence-electron chi connectivity index (χ0n) is 21.1. The molecule has 1 saturated carbocycles. The molecule has 5 aromatic rings. The largest absolute Gasteiger partial charge is 0.435 e. The molecule has 9 heteroatoms. The smallest absolute Gasteiger partial charge is 0.227 e. The fraction of sp³-hybridized carbons (Fsp3) is 0.276. The number of aromatic nitrogens is 4. The highest BCUT2D eigenvalue weighted by molar-refractivity contribution is 6.34. The molecule has 1 aliphatic rings. The molecule has 6 rings (SSSR count). The fourth-order valence-electron chi connectivity index (χ4n) is 5.40. The lowest BCUT2D eigenvalue weighted by Gasteiger charge is -2.27. The minimum Gasteiger partial charge on any atom is -0.435 e. The van der Waals surface area contributed by atoms with Crippen LogP contribution in [0.2, 0.25) is 5.02 Å². The number of oxazole rings is 1. The normalized spacial score (nSPS) is 17.6. The Kier molecular flexibility index (Phi) is 6.47. The first-order valence-electron chi connectivity index (χ1n) is 12.6. The first-order chi connectivity index (χ1) is 18.4. The molecular weight excluding hydrogens is 505 g/mol. The van der Waals surface area contributed by atoms with E-state index < -0.39 is 0 Å². The Morgan fingerprint density at radius 1 is 1.11 bits per heavy atom. The Bertz CT molecular complexity index is 1630. The van der Waals surface area contributed by atoms with E-state index >= 15 is 0 Å². The molecule has 0 amide bonds. The quantitative estimate of drug-likeness (QED) is 0.285. The lowest BCUT2D eigenvalue weighted by Crippen LogP contribution is -2.36. The van der Waals surface area contributed by atoms with Gasteiger partial charge in [-0.3, -0.25) is 4.90 Å². The Morgan fingerprint density at radius 2 is 1.95 bits per heavy atom. The summed E-state index contributed by atoms with van der Waals surface area (Å²) in [6.45, 7) is 0.657. The van der Waals surface area contributed by atoms with Crippen molar-refractivity contribution in [3.63, 3.8) is 0 Å². The lowest BCUT2D eigenvalue weighted by molar-refractivity contribution is 0.0825. The molecule has 2 aromatic heterocycles. The van der Waals surface area contributed by atoms with E-state index in [1.165, 1.54) is 12.1 Å². The van der Waals surface area contributed by atoms with Crippen LogP contribution in [0.25, 0.3) is 45.1 Å². The van der Waals surface area contributed by atoms with Crippen molar-refractivity contribution in [2.75, 3.05) is 7.05 Å². The van der Waals surface area contributed by atoms with Crippen LogP contribution in [0.4, 0.5) is 4.39 Å². The summed E-state index contributed by atoms with van der Waals surface area (Å²) >= 11 is 6.62. The third-order valence-electron chi connectivity index (χ3n) is 7.30. The van der Waals surface area contributed by atoms with Crippen molar-refractivity contribution >= 4 is 22.7 Å². The number of aliphatic hydroxyl groups excluding tert-OH is 1. The van der Waals surface area contributed by atoms with Gasteiger partial charge >= 0.3 is 0 Å². The summed E-state index contributed by atoms with van der Waals surface area (Å²) in [7, 11) is 3.85. The first-order valence-corrected chi connectivity index (χ1v) is 13.0. The minimum absolute atomic E-state index is 0.151. The van der Waals surface area contributed by atoms with Crippen LogP contribution in [-0.4, -0.2) is 48.9 Å². The summed E-state index contributed by atoms with van der Waals surface area (Å²) in [5, 5.41) is 18.9. The summed E-state index contributed by atoms with van der Waals surface area (Å²) < 4.78 is 22.1.